The quantitative estimate of drug-likeness (QED) is 0.828. The highest BCUT2D eigenvalue weighted by atomic mass is 35.5. The molecule has 0 aliphatic rings. The van der Waals surface area contributed by atoms with Crippen LogP contribution in [-0.4, -0.2) is 35.3 Å². The second-order valence-electron chi connectivity index (χ2n) is 5.16. The number of nitrogens with one attached hydrogen (secondary N) is 1. The minimum Gasteiger partial charge on any atom is -0.345 e. The molecule has 0 unspecified atom stereocenters. The van der Waals surface area contributed by atoms with Crippen LogP contribution in [0.25, 0.3) is 0 Å². The summed E-state index contributed by atoms with van der Waals surface area (Å²) < 4.78 is 0. The van der Waals surface area contributed by atoms with Gasteiger partial charge in [0.2, 0.25) is 11.8 Å². The van der Waals surface area contributed by atoms with E-state index in [1.54, 1.807) is 48.6 Å². The van der Waals surface area contributed by atoms with Crippen molar-refractivity contribution >= 4 is 29.1 Å². The maximum Gasteiger partial charge on any atom is 0.233 e. The third kappa shape index (κ3) is 5.71. The molecular formula is C17H18ClN3O2. The monoisotopic (exact) mass is 331 g/mol. The van der Waals surface area contributed by atoms with Crippen molar-refractivity contribution in [1.29, 1.82) is 0 Å². The van der Waals surface area contributed by atoms with Crippen molar-refractivity contribution in [3.8, 4) is 0 Å². The van der Waals surface area contributed by atoms with Crippen LogP contribution in [0.15, 0.2) is 48.8 Å². The Hall–Kier alpha value is -2.40. The summed E-state index contributed by atoms with van der Waals surface area (Å²) in [6.07, 6.45) is 3.96. The molecule has 23 heavy (non-hydrogen) atoms. The predicted octanol–water partition coefficient (Wildman–Crippen LogP) is 2.76. The standard InChI is InChI=1S/C17H18ClN3O2/c1-21(10-7-13-5-8-19-9-6-13)17(23)12-16(22)20-15-4-2-3-14(18)11-15/h2-6,8-9,11H,7,10,12H2,1H3,(H,20,22). The number of nitrogens with zero attached hydrogens (tertiary/aromatic N) is 2. The molecular weight excluding hydrogens is 314 g/mol. The molecule has 0 bridgehead atoms. The summed E-state index contributed by atoms with van der Waals surface area (Å²) in [4.78, 5) is 29.5. The van der Waals surface area contributed by atoms with Crippen LogP contribution in [0.1, 0.15) is 12.0 Å². The molecule has 120 valence electrons. The van der Waals surface area contributed by atoms with E-state index in [9.17, 15) is 9.59 Å². The lowest BCUT2D eigenvalue weighted by Crippen LogP contribution is -2.32. The molecule has 1 heterocycles. The highest BCUT2D eigenvalue weighted by molar-refractivity contribution is 6.30. The van der Waals surface area contributed by atoms with Gasteiger partial charge in [0.05, 0.1) is 0 Å². The van der Waals surface area contributed by atoms with Gasteiger partial charge in [-0.25, -0.2) is 0 Å². The van der Waals surface area contributed by atoms with Crippen molar-refractivity contribution in [2.24, 2.45) is 0 Å². The van der Waals surface area contributed by atoms with Gasteiger partial charge in [-0.3, -0.25) is 14.6 Å². The number of rotatable bonds is 6. The zero-order valence-corrected chi connectivity index (χ0v) is 13.6. The van der Waals surface area contributed by atoms with E-state index in [4.69, 9.17) is 11.6 Å². The van der Waals surface area contributed by atoms with Crippen LogP contribution in [0, 0.1) is 0 Å². The fourth-order valence-corrected chi connectivity index (χ4v) is 2.20. The molecule has 2 amide bonds. The van der Waals surface area contributed by atoms with E-state index in [1.165, 1.54) is 0 Å². The number of amides is 2. The first-order chi connectivity index (χ1) is 11.0. The van der Waals surface area contributed by atoms with Gasteiger partial charge in [-0.2, -0.15) is 0 Å². The number of carbonyl (C=O) groups excluding carboxylic acids is 2. The molecule has 6 heteroatoms. The molecule has 2 aromatic rings. The van der Waals surface area contributed by atoms with Crippen molar-refractivity contribution in [2.45, 2.75) is 12.8 Å². The summed E-state index contributed by atoms with van der Waals surface area (Å²) in [6, 6.07) is 10.6. The number of hydrogen-bond donors (Lipinski definition) is 1. The molecule has 1 aromatic carbocycles. The highest BCUT2D eigenvalue weighted by Crippen LogP contribution is 2.15. The van der Waals surface area contributed by atoms with E-state index < -0.39 is 0 Å². The van der Waals surface area contributed by atoms with Crippen LogP contribution in [0.3, 0.4) is 0 Å². The molecule has 0 saturated carbocycles. The van der Waals surface area contributed by atoms with Gasteiger partial charge >= 0.3 is 0 Å². The molecule has 0 aliphatic carbocycles. The Bertz CT molecular complexity index is 677. The molecule has 2 rings (SSSR count). The smallest absolute Gasteiger partial charge is 0.233 e. The lowest BCUT2D eigenvalue weighted by atomic mass is 10.2. The summed E-state index contributed by atoms with van der Waals surface area (Å²) in [7, 11) is 1.69. The first-order valence-electron chi connectivity index (χ1n) is 7.23. The van der Waals surface area contributed by atoms with Crippen molar-refractivity contribution < 1.29 is 9.59 Å². The zero-order chi connectivity index (χ0) is 16.7. The summed E-state index contributed by atoms with van der Waals surface area (Å²) in [5.74, 6) is -0.577. The van der Waals surface area contributed by atoms with Crippen LogP contribution in [0.5, 0.6) is 0 Å². The number of carbonyl (C=O) groups is 2. The van der Waals surface area contributed by atoms with Crippen molar-refractivity contribution in [3.05, 3.63) is 59.4 Å². The molecule has 0 radical (unpaired) electrons. The number of aromatic nitrogens is 1. The number of pyridine rings is 1. The van der Waals surface area contributed by atoms with E-state index >= 15 is 0 Å². The van der Waals surface area contributed by atoms with Crippen molar-refractivity contribution in [2.75, 3.05) is 18.9 Å². The van der Waals surface area contributed by atoms with Gasteiger partial charge in [0.25, 0.3) is 0 Å². The van der Waals surface area contributed by atoms with Crippen LogP contribution in [0.4, 0.5) is 5.69 Å². The van der Waals surface area contributed by atoms with E-state index in [1.807, 2.05) is 12.1 Å². The van der Waals surface area contributed by atoms with Crippen LogP contribution in [-0.2, 0) is 16.0 Å². The van der Waals surface area contributed by atoms with E-state index in [2.05, 4.69) is 10.3 Å². The topological polar surface area (TPSA) is 62.3 Å². The SMILES string of the molecule is CN(CCc1ccncc1)C(=O)CC(=O)Nc1cccc(Cl)c1. The summed E-state index contributed by atoms with van der Waals surface area (Å²) in [6.45, 7) is 0.549. The van der Waals surface area contributed by atoms with Crippen LogP contribution < -0.4 is 5.32 Å². The zero-order valence-electron chi connectivity index (χ0n) is 12.8. The summed E-state index contributed by atoms with van der Waals surface area (Å²) >= 11 is 5.85. The minimum atomic E-state index is -0.354. The largest absolute Gasteiger partial charge is 0.345 e. The minimum absolute atomic E-state index is 0.195. The van der Waals surface area contributed by atoms with Crippen LogP contribution in [0.2, 0.25) is 5.02 Å². The Morgan fingerprint density at radius 2 is 1.96 bits per heavy atom. The number of likely N-dealkylation sites (N-methyl/N-ethyl adjacent to an activating group) is 1. The van der Waals surface area contributed by atoms with E-state index in [0.29, 0.717) is 17.3 Å². The van der Waals surface area contributed by atoms with E-state index in [-0.39, 0.29) is 18.2 Å². The Balaban J connectivity index is 1.79. The van der Waals surface area contributed by atoms with Gasteiger partial charge in [-0.1, -0.05) is 17.7 Å². The maximum absolute atomic E-state index is 12.1. The second-order valence-corrected chi connectivity index (χ2v) is 5.59. The molecule has 0 aliphatic heterocycles. The lowest BCUT2D eigenvalue weighted by Gasteiger charge is -2.17. The van der Waals surface area contributed by atoms with Gasteiger partial charge in [0.1, 0.15) is 6.42 Å². The predicted molar refractivity (Wildman–Crippen MR) is 90.3 cm³/mol. The molecule has 0 fully saturated rings. The number of benzene rings is 1. The fraction of sp³-hybridized carbons (Fsp3) is 0.235. The van der Waals surface area contributed by atoms with Gasteiger partial charge in [0.15, 0.2) is 0 Å². The summed E-state index contributed by atoms with van der Waals surface area (Å²) in [5, 5.41) is 3.19. The fourth-order valence-electron chi connectivity index (χ4n) is 2.01. The van der Waals surface area contributed by atoms with E-state index in [0.717, 1.165) is 12.0 Å². The van der Waals surface area contributed by atoms with Crippen molar-refractivity contribution in [3.63, 3.8) is 0 Å². The summed E-state index contributed by atoms with van der Waals surface area (Å²) in [5.41, 5.74) is 1.68. The number of halogens is 1. The molecule has 1 aromatic heterocycles. The van der Waals surface area contributed by atoms with Gasteiger partial charge in [-0.15, -0.1) is 0 Å². The van der Waals surface area contributed by atoms with Gasteiger partial charge in [-0.05, 0) is 42.3 Å². The second kappa shape index (κ2) is 8.29. The Morgan fingerprint density at radius 1 is 1.22 bits per heavy atom. The Labute approximate surface area is 140 Å². The molecule has 0 saturated heterocycles. The molecule has 0 spiro atoms. The van der Waals surface area contributed by atoms with Gasteiger partial charge < -0.3 is 10.2 Å². The first kappa shape index (κ1) is 17.0. The Morgan fingerprint density at radius 3 is 2.65 bits per heavy atom. The third-order valence-electron chi connectivity index (χ3n) is 3.33. The molecule has 0 atom stereocenters. The van der Waals surface area contributed by atoms with Crippen LogP contribution >= 0.6 is 11.6 Å². The highest BCUT2D eigenvalue weighted by Gasteiger charge is 2.14. The molecule has 1 N–H and O–H groups in total. The molecule has 5 nitrogen and oxygen atoms in total. The average Bonchev–Trinajstić information content (AvgIpc) is 2.53. The Kier molecular flexibility index (Phi) is 6.11. The number of hydrogen-bond acceptors (Lipinski definition) is 3. The number of anilines is 1. The third-order valence-corrected chi connectivity index (χ3v) is 3.57. The first-order valence-corrected chi connectivity index (χ1v) is 7.60. The lowest BCUT2D eigenvalue weighted by molar-refractivity contribution is -0.133. The maximum atomic E-state index is 12.1. The normalized spacial score (nSPS) is 10.2. The van der Waals surface area contributed by atoms with Gasteiger partial charge in [0, 0.05) is 36.7 Å². The van der Waals surface area contributed by atoms with Crippen molar-refractivity contribution in [1.82, 2.24) is 9.88 Å². The average molecular weight is 332 g/mol.